The first-order valence-corrected chi connectivity index (χ1v) is 9.11. The van der Waals surface area contributed by atoms with Crippen molar-refractivity contribution < 1.29 is 22.5 Å². The summed E-state index contributed by atoms with van der Waals surface area (Å²) >= 11 is 0. The maximum atomic E-state index is 12.8. The van der Waals surface area contributed by atoms with Crippen molar-refractivity contribution in [3.8, 4) is 11.5 Å². The lowest BCUT2D eigenvalue weighted by atomic mass is 9.90. The molecule has 0 bridgehead atoms. The van der Waals surface area contributed by atoms with E-state index >= 15 is 0 Å². The Kier molecular flexibility index (Phi) is 4.85. The number of amides is 1. The van der Waals surface area contributed by atoms with E-state index in [0.29, 0.717) is 18.8 Å². The summed E-state index contributed by atoms with van der Waals surface area (Å²) in [6, 6.07) is 7.07. The third-order valence-electron chi connectivity index (χ3n) is 5.02. The number of halogens is 3. The number of aromatic nitrogens is 4. The minimum Gasteiger partial charge on any atom is -0.347 e. The second kappa shape index (κ2) is 7.34. The minimum absolute atomic E-state index is 0.0375. The van der Waals surface area contributed by atoms with Gasteiger partial charge in [-0.1, -0.05) is 5.16 Å². The van der Waals surface area contributed by atoms with E-state index < -0.39 is 12.1 Å². The van der Waals surface area contributed by atoms with E-state index in [4.69, 9.17) is 0 Å². The van der Waals surface area contributed by atoms with Gasteiger partial charge in [-0.05, 0) is 42.7 Å². The van der Waals surface area contributed by atoms with Crippen molar-refractivity contribution in [3.63, 3.8) is 0 Å². The molecule has 1 saturated heterocycles. The molecule has 0 aromatic carbocycles. The van der Waals surface area contributed by atoms with Crippen molar-refractivity contribution in [2.75, 3.05) is 13.1 Å². The zero-order chi connectivity index (χ0) is 20.6. The molecule has 0 saturated carbocycles. The van der Waals surface area contributed by atoms with Crippen LogP contribution in [0.3, 0.4) is 0 Å². The van der Waals surface area contributed by atoms with Gasteiger partial charge in [0, 0.05) is 38.4 Å². The van der Waals surface area contributed by atoms with E-state index in [1.165, 1.54) is 6.20 Å². The van der Waals surface area contributed by atoms with Crippen LogP contribution in [-0.4, -0.2) is 43.6 Å². The van der Waals surface area contributed by atoms with Crippen LogP contribution >= 0.6 is 0 Å². The summed E-state index contributed by atoms with van der Waals surface area (Å²) in [7, 11) is 1.82. The first-order chi connectivity index (χ1) is 13.8. The molecule has 1 aliphatic heterocycles. The lowest BCUT2D eigenvalue weighted by molar-refractivity contribution is -0.159. The van der Waals surface area contributed by atoms with Crippen LogP contribution in [0.1, 0.15) is 40.7 Å². The van der Waals surface area contributed by atoms with Gasteiger partial charge in [0.05, 0.1) is 0 Å². The lowest BCUT2D eigenvalue weighted by Gasteiger charge is -2.33. The highest BCUT2D eigenvalue weighted by molar-refractivity contribution is 5.92. The fourth-order valence-corrected chi connectivity index (χ4v) is 3.54. The van der Waals surface area contributed by atoms with E-state index in [1.807, 2.05) is 19.3 Å². The summed E-state index contributed by atoms with van der Waals surface area (Å²) in [5.41, 5.74) is 1.69. The molecular weight excluding hydrogens is 387 g/mol. The van der Waals surface area contributed by atoms with Crippen molar-refractivity contribution in [3.05, 3.63) is 53.8 Å². The third-order valence-corrected chi connectivity index (χ3v) is 5.02. The van der Waals surface area contributed by atoms with Gasteiger partial charge in [-0.2, -0.15) is 18.2 Å². The van der Waals surface area contributed by atoms with Gasteiger partial charge >= 0.3 is 12.1 Å². The average molecular weight is 405 g/mol. The summed E-state index contributed by atoms with van der Waals surface area (Å²) in [4.78, 5) is 22.1. The zero-order valence-electron chi connectivity index (χ0n) is 15.6. The monoisotopic (exact) mass is 405 g/mol. The molecule has 0 unspecified atom stereocenters. The molecule has 152 valence electrons. The Hall–Kier alpha value is -3.17. The largest absolute Gasteiger partial charge is 0.471 e. The predicted octanol–water partition coefficient (Wildman–Crippen LogP) is 3.51. The average Bonchev–Trinajstić information content (AvgIpc) is 3.37. The Morgan fingerprint density at radius 3 is 2.83 bits per heavy atom. The zero-order valence-corrected chi connectivity index (χ0v) is 15.6. The number of piperidine rings is 1. The molecule has 3 aromatic rings. The highest BCUT2D eigenvalue weighted by atomic mass is 19.4. The Bertz CT molecular complexity index is 1030. The van der Waals surface area contributed by atoms with E-state index in [-0.39, 0.29) is 23.3 Å². The number of rotatable bonds is 3. The van der Waals surface area contributed by atoms with Gasteiger partial charge < -0.3 is 14.0 Å². The number of aryl methyl sites for hydroxylation is 1. The topological polar surface area (TPSA) is 77.0 Å². The van der Waals surface area contributed by atoms with Crippen molar-refractivity contribution in [1.29, 1.82) is 0 Å². The van der Waals surface area contributed by atoms with Crippen molar-refractivity contribution in [2.45, 2.75) is 24.9 Å². The van der Waals surface area contributed by atoms with E-state index in [2.05, 4.69) is 19.6 Å². The van der Waals surface area contributed by atoms with Gasteiger partial charge in [0.1, 0.15) is 11.4 Å². The molecule has 0 N–H and O–H groups in total. The molecule has 4 heterocycles. The SMILES string of the molecule is Cn1cccc1C(=O)N1CCC[C@H](c2ccnc(-c3noc(C(F)(F)F)n3)c2)C1. The minimum atomic E-state index is -4.70. The number of nitrogens with zero attached hydrogens (tertiary/aromatic N) is 5. The lowest BCUT2D eigenvalue weighted by Crippen LogP contribution is -2.39. The van der Waals surface area contributed by atoms with Crippen LogP contribution in [0.15, 0.2) is 41.2 Å². The summed E-state index contributed by atoms with van der Waals surface area (Å²) in [5, 5.41) is 3.39. The molecule has 0 radical (unpaired) electrons. The molecule has 3 aromatic heterocycles. The van der Waals surface area contributed by atoms with Crippen molar-refractivity contribution in [1.82, 2.24) is 24.6 Å². The van der Waals surface area contributed by atoms with Gasteiger partial charge in [0.2, 0.25) is 5.82 Å². The molecule has 1 aliphatic rings. The Labute approximate surface area is 164 Å². The number of carbonyl (C=O) groups excluding carboxylic acids is 1. The Morgan fingerprint density at radius 1 is 1.31 bits per heavy atom. The van der Waals surface area contributed by atoms with E-state index in [1.54, 1.807) is 27.7 Å². The number of pyridine rings is 1. The fraction of sp³-hybridized carbons (Fsp3) is 0.368. The van der Waals surface area contributed by atoms with Gasteiger partial charge in [0.25, 0.3) is 5.91 Å². The fourth-order valence-electron chi connectivity index (χ4n) is 3.54. The summed E-state index contributed by atoms with van der Waals surface area (Å²) in [6.07, 6.45) is 0.319. The predicted molar refractivity (Wildman–Crippen MR) is 95.8 cm³/mol. The van der Waals surface area contributed by atoms with Crippen molar-refractivity contribution in [2.24, 2.45) is 7.05 Å². The van der Waals surface area contributed by atoms with Gasteiger partial charge in [-0.3, -0.25) is 9.78 Å². The summed E-state index contributed by atoms with van der Waals surface area (Å²) < 4.78 is 44.2. The van der Waals surface area contributed by atoms with Gasteiger partial charge in [-0.15, -0.1) is 0 Å². The first-order valence-electron chi connectivity index (χ1n) is 9.11. The first kappa shape index (κ1) is 19.2. The molecule has 29 heavy (non-hydrogen) atoms. The number of hydrogen-bond acceptors (Lipinski definition) is 5. The third kappa shape index (κ3) is 3.87. The van der Waals surface area contributed by atoms with Crippen LogP contribution < -0.4 is 0 Å². The Balaban J connectivity index is 1.54. The van der Waals surface area contributed by atoms with Crippen LogP contribution in [0.5, 0.6) is 0 Å². The quantitative estimate of drug-likeness (QED) is 0.667. The summed E-state index contributed by atoms with van der Waals surface area (Å²) in [6.45, 7) is 1.19. The maximum Gasteiger partial charge on any atom is 0.471 e. The molecule has 7 nitrogen and oxygen atoms in total. The molecule has 4 rings (SSSR count). The number of carbonyl (C=O) groups is 1. The number of alkyl halides is 3. The van der Waals surface area contributed by atoms with Crippen LogP contribution in [0.2, 0.25) is 0 Å². The molecule has 0 aliphatic carbocycles. The van der Waals surface area contributed by atoms with Crippen LogP contribution in [0.25, 0.3) is 11.5 Å². The molecule has 1 fully saturated rings. The maximum absolute atomic E-state index is 12.8. The van der Waals surface area contributed by atoms with Crippen LogP contribution in [0, 0.1) is 0 Å². The summed E-state index contributed by atoms with van der Waals surface area (Å²) in [5.74, 6) is -1.61. The smallest absolute Gasteiger partial charge is 0.347 e. The second-order valence-corrected chi connectivity index (χ2v) is 6.99. The highest BCUT2D eigenvalue weighted by Crippen LogP contribution is 2.31. The van der Waals surface area contributed by atoms with Gasteiger partial charge in [0.15, 0.2) is 0 Å². The molecule has 0 spiro atoms. The Morgan fingerprint density at radius 2 is 2.14 bits per heavy atom. The van der Waals surface area contributed by atoms with E-state index in [0.717, 1.165) is 18.4 Å². The van der Waals surface area contributed by atoms with Crippen LogP contribution in [0.4, 0.5) is 13.2 Å². The number of hydrogen-bond donors (Lipinski definition) is 0. The molecule has 10 heteroatoms. The molecule has 1 atom stereocenters. The van der Waals surface area contributed by atoms with Crippen molar-refractivity contribution >= 4 is 5.91 Å². The standard InChI is InChI=1S/C19H18F3N5O2/c1-26-8-3-5-15(26)17(28)27-9-2-4-13(11-27)12-6-7-23-14(10-12)16-24-18(29-25-16)19(20,21)22/h3,5-8,10,13H,2,4,9,11H2,1H3/t13-/m0/s1. The normalized spacial score (nSPS) is 17.5. The van der Waals surface area contributed by atoms with Gasteiger partial charge in [-0.25, -0.2) is 0 Å². The second-order valence-electron chi connectivity index (χ2n) is 6.99. The molecular formula is C19H18F3N5O2. The highest BCUT2D eigenvalue weighted by Gasteiger charge is 2.38. The number of likely N-dealkylation sites (tertiary alicyclic amines) is 1. The van der Waals surface area contributed by atoms with Crippen LogP contribution in [-0.2, 0) is 13.2 Å². The molecule has 1 amide bonds. The van der Waals surface area contributed by atoms with E-state index in [9.17, 15) is 18.0 Å².